The van der Waals surface area contributed by atoms with E-state index in [1.165, 1.54) is 29.2 Å². The Labute approximate surface area is 171 Å². The fourth-order valence-corrected chi connectivity index (χ4v) is 5.21. The summed E-state index contributed by atoms with van der Waals surface area (Å²) in [5, 5.41) is 7.53. The molecule has 1 aromatic rings. The van der Waals surface area contributed by atoms with Gasteiger partial charge in [0.05, 0.1) is 16.4 Å². The highest BCUT2D eigenvalue weighted by atomic mass is 32.2. The number of benzene rings is 1. The van der Waals surface area contributed by atoms with Crippen LogP contribution in [0.5, 0.6) is 0 Å². The second-order valence-corrected chi connectivity index (χ2v) is 11.0. The van der Waals surface area contributed by atoms with Crippen LogP contribution in [0.25, 0.3) is 0 Å². The second kappa shape index (κ2) is 9.20. The molecule has 1 heterocycles. The van der Waals surface area contributed by atoms with Crippen LogP contribution in [0.2, 0.25) is 0 Å². The van der Waals surface area contributed by atoms with Crippen LogP contribution < -0.4 is 10.5 Å². The van der Waals surface area contributed by atoms with Crippen molar-refractivity contribution in [1.29, 1.82) is 0 Å². The Morgan fingerprint density at radius 3 is 2.28 bits per heavy atom. The van der Waals surface area contributed by atoms with Gasteiger partial charge in [0.15, 0.2) is 9.84 Å². The smallest absolute Gasteiger partial charge is 0.312 e. The minimum Gasteiger partial charge on any atom is -0.344 e. The van der Waals surface area contributed by atoms with Crippen molar-refractivity contribution in [2.75, 3.05) is 38.7 Å². The van der Waals surface area contributed by atoms with Crippen molar-refractivity contribution in [3.63, 3.8) is 0 Å². The van der Waals surface area contributed by atoms with E-state index in [4.69, 9.17) is 5.14 Å². The zero-order chi connectivity index (χ0) is 21.8. The van der Waals surface area contributed by atoms with Crippen LogP contribution in [0.3, 0.4) is 0 Å². The van der Waals surface area contributed by atoms with E-state index in [1.807, 2.05) is 19.0 Å². The Morgan fingerprint density at radius 2 is 1.79 bits per heavy atom. The normalized spacial score (nSPS) is 18.6. The van der Waals surface area contributed by atoms with E-state index in [9.17, 15) is 26.4 Å². The quantitative estimate of drug-likeness (QED) is 0.486. The average molecular weight is 447 g/mol. The van der Waals surface area contributed by atoms with Crippen molar-refractivity contribution in [2.24, 2.45) is 5.14 Å². The van der Waals surface area contributed by atoms with Crippen LogP contribution >= 0.6 is 0 Å². The summed E-state index contributed by atoms with van der Waals surface area (Å²) in [6.07, 6.45) is 0.309. The minimum absolute atomic E-state index is 0.00142. The van der Waals surface area contributed by atoms with Crippen molar-refractivity contribution >= 4 is 31.7 Å². The number of primary sulfonamides is 1. The number of rotatable bonds is 7. The summed E-state index contributed by atoms with van der Waals surface area (Å²) in [5.41, 5.74) is 0.585. The predicted molar refractivity (Wildman–Crippen MR) is 107 cm³/mol. The molecule has 2 amide bonds. The SMILES string of the molecule is CN(C)CCN(C(=O)C(=O)NCc1ccc(S(N)(=O)=O)cc1)C1CCS(=O)(=O)C1. The van der Waals surface area contributed by atoms with Crippen molar-refractivity contribution in [3.05, 3.63) is 29.8 Å². The highest BCUT2D eigenvalue weighted by molar-refractivity contribution is 7.91. The molecule has 1 fully saturated rings. The number of sulfonamides is 1. The van der Waals surface area contributed by atoms with Gasteiger partial charge in [0, 0.05) is 25.7 Å². The van der Waals surface area contributed by atoms with Crippen molar-refractivity contribution < 1.29 is 26.4 Å². The Balaban J connectivity index is 2.03. The Hall–Kier alpha value is -2.02. The number of hydrogen-bond donors (Lipinski definition) is 2. The number of nitrogens with zero attached hydrogens (tertiary/aromatic N) is 2. The number of amides is 2. The van der Waals surface area contributed by atoms with Gasteiger partial charge in [-0.15, -0.1) is 0 Å². The van der Waals surface area contributed by atoms with Gasteiger partial charge in [0.25, 0.3) is 0 Å². The van der Waals surface area contributed by atoms with Crippen LogP contribution in [-0.2, 0) is 36.0 Å². The fourth-order valence-electron chi connectivity index (χ4n) is 2.96. The lowest BCUT2D eigenvalue weighted by molar-refractivity contribution is -0.147. The number of hydrogen-bond acceptors (Lipinski definition) is 7. The van der Waals surface area contributed by atoms with Crippen LogP contribution in [0.1, 0.15) is 12.0 Å². The maximum absolute atomic E-state index is 12.7. The van der Waals surface area contributed by atoms with Gasteiger partial charge >= 0.3 is 11.8 Å². The molecule has 0 bridgehead atoms. The highest BCUT2D eigenvalue weighted by Crippen LogP contribution is 2.18. The molecule has 0 aliphatic carbocycles. The van der Waals surface area contributed by atoms with E-state index < -0.39 is 37.7 Å². The third-order valence-electron chi connectivity index (χ3n) is 4.60. The molecule has 12 heteroatoms. The molecule has 1 atom stereocenters. The first-order chi connectivity index (χ1) is 13.4. The number of likely N-dealkylation sites (N-methyl/N-ethyl adjacent to an activating group) is 1. The topological polar surface area (TPSA) is 147 Å². The molecular weight excluding hydrogens is 420 g/mol. The lowest BCUT2D eigenvalue weighted by atomic mass is 10.2. The molecule has 29 heavy (non-hydrogen) atoms. The van der Waals surface area contributed by atoms with E-state index in [-0.39, 0.29) is 29.5 Å². The number of nitrogens with two attached hydrogens (primary N) is 1. The van der Waals surface area contributed by atoms with Crippen molar-refractivity contribution in [2.45, 2.75) is 23.9 Å². The Bertz CT molecular complexity index is 958. The monoisotopic (exact) mass is 446 g/mol. The molecule has 0 radical (unpaired) electrons. The molecule has 1 aliphatic rings. The van der Waals surface area contributed by atoms with Crippen LogP contribution in [-0.4, -0.2) is 83.2 Å². The largest absolute Gasteiger partial charge is 0.344 e. The summed E-state index contributed by atoms with van der Waals surface area (Å²) in [7, 11) is -3.38. The van der Waals surface area contributed by atoms with Gasteiger partial charge < -0.3 is 15.1 Å². The van der Waals surface area contributed by atoms with Gasteiger partial charge in [0.2, 0.25) is 10.0 Å². The molecule has 0 spiro atoms. The molecular formula is C17H26N4O6S2. The van der Waals surface area contributed by atoms with Crippen LogP contribution in [0.4, 0.5) is 0 Å². The third-order valence-corrected chi connectivity index (χ3v) is 7.28. The van der Waals surface area contributed by atoms with E-state index in [2.05, 4.69) is 5.32 Å². The first-order valence-electron chi connectivity index (χ1n) is 8.95. The van der Waals surface area contributed by atoms with E-state index in [0.717, 1.165) is 0 Å². The fraction of sp³-hybridized carbons (Fsp3) is 0.529. The summed E-state index contributed by atoms with van der Waals surface area (Å²) >= 11 is 0. The average Bonchev–Trinajstić information content (AvgIpc) is 2.98. The first kappa shape index (κ1) is 23.3. The molecule has 3 N–H and O–H groups in total. The number of nitrogens with one attached hydrogen (secondary N) is 1. The molecule has 2 rings (SSSR count). The van der Waals surface area contributed by atoms with Crippen molar-refractivity contribution in [1.82, 2.24) is 15.1 Å². The number of sulfone groups is 1. The molecule has 1 unspecified atom stereocenters. The summed E-state index contributed by atoms with van der Waals surface area (Å²) in [6.45, 7) is 0.743. The van der Waals surface area contributed by atoms with Gasteiger partial charge in [-0.1, -0.05) is 12.1 Å². The Kier molecular flexibility index (Phi) is 7.38. The predicted octanol–water partition coefficient (Wildman–Crippen LogP) is -1.47. The molecule has 1 saturated heterocycles. The van der Waals surface area contributed by atoms with Crippen LogP contribution in [0.15, 0.2) is 29.2 Å². The van der Waals surface area contributed by atoms with Gasteiger partial charge in [-0.2, -0.15) is 0 Å². The molecule has 0 saturated carbocycles. The summed E-state index contributed by atoms with van der Waals surface area (Å²) in [6, 6.07) is 5.07. The summed E-state index contributed by atoms with van der Waals surface area (Å²) < 4.78 is 46.1. The van der Waals surface area contributed by atoms with Gasteiger partial charge in [-0.05, 0) is 38.2 Å². The standard InChI is InChI=1S/C17H26N4O6S2/c1-20(2)8-9-21(14-7-10-28(24,25)12-14)17(23)16(22)19-11-13-3-5-15(6-4-13)29(18,26)27/h3-6,14H,7-12H2,1-2H3,(H,19,22)(H2,18,26,27). The maximum Gasteiger partial charge on any atom is 0.312 e. The van der Waals surface area contributed by atoms with E-state index in [0.29, 0.717) is 18.5 Å². The molecule has 1 aromatic carbocycles. The lowest BCUT2D eigenvalue weighted by Gasteiger charge is -2.28. The van der Waals surface area contributed by atoms with Gasteiger partial charge in [-0.3, -0.25) is 9.59 Å². The zero-order valence-corrected chi connectivity index (χ0v) is 18.0. The highest BCUT2D eigenvalue weighted by Gasteiger charge is 2.36. The van der Waals surface area contributed by atoms with Gasteiger partial charge in [0.1, 0.15) is 0 Å². The van der Waals surface area contributed by atoms with Gasteiger partial charge in [-0.25, -0.2) is 22.0 Å². The van der Waals surface area contributed by atoms with Crippen LogP contribution in [0, 0.1) is 0 Å². The third kappa shape index (κ3) is 6.77. The summed E-state index contributed by atoms with van der Waals surface area (Å²) in [5.74, 6) is -1.77. The molecule has 162 valence electrons. The van der Waals surface area contributed by atoms with Crippen molar-refractivity contribution in [3.8, 4) is 0 Å². The molecule has 0 aromatic heterocycles. The zero-order valence-electron chi connectivity index (χ0n) is 16.4. The summed E-state index contributed by atoms with van der Waals surface area (Å²) in [4.78, 5) is 28.1. The molecule has 10 nitrogen and oxygen atoms in total. The maximum atomic E-state index is 12.7. The number of carbonyl (C=O) groups is 2. The molecule has 1 aliphatic heterocycles. The van der Waals surface area contributed by atoms with E-state index in [1.54, 1.807) is 0 Å². The Morgan fingerprint density at radius 1 is 1.17 bits per heavy atom. The number of carbonyl (C=O) groups excluding carboxylic acids is 2. The minimum atomic E-state index is -3.81. The lowest BCUT2D eigenvalue weighted by Crippen LogP contribution is -2.50. The van der Waals surface area contributed by atoms with E-state index >= 15 is 0 Å². The first-order valence-corrected chi connectivity index (χ1v) is 12.3. The second-order valence-electron chi connectivity index (χ2n) is 7.23.